The van der Waals surface area contributed by atoms with E-state index in [-0.39, 0.29) is 11.5 Å². The lowest BCUT2D eigenvalue weighted by Gasteiger charge is -2.37. The van der Waals surface area contributed by atoms with Gasteiger partial charge in [0, 0.05) is 5.41 Å². The Morgan fingerprint density at radius 3 is 2.70 bits per heavy atom. The van der Waals surface area contributed by atoms with Crippen LogP contribution in [0.15, 0.2) is 30.3 Å². The first kappa shape index (κ1) is 15.4. The van der Waals surface area contributed by atoms with Gasteiger partial charge in [-0.25, -0.2) is 0 Å². The lowest BCUT2D eigenvalue weighted by molar-refractivity contribution is -0.166. The van der Waals surface area contributed by atoms with Gasteiger partial charge in [0.1, 0.15) is 6.10 Å². The number of hydrogen-bond donors (Lipinski definition) is 1. The average molecular weight is 280 g/mol. The Morgan fingerprint density at radius 2 is 2.05 bits per heavy atom. The van der Waals surface area contributed by atoms with Crippen molar-refractivity contribution in [3.05, 3.63) is 35.9 Å². The second kappa shape index (κ2) is 7.18. The maximum absolute atomic E-state index is 10.4. The first-order valence-corrected chi connectivity index (χ1v) is 7.09. The lowest BCUT2D eigenvalue weighted by Crippen LogP contribution is -2.48. The molecule has 2 unspecified atom stereocenters. The fourth-order valence-electron chi connectivity index (χ4n) is 2.28. The molecule has 1 aromatic rings. The van der Waals surface area contributed by atoms with Gasteiger partial charge in [-0.15, -0.1) is 0 Å². The summed E-state index contributed by atoms with van der Waals surface area (Å²) in [6.07, 6.45) is -0.863. The van der Waals surface area contributed by atoms with Gasteiger partial charge in [0.15, 0.2) is 0 Å². The number of ether oxygens (including phenoxy) is 3. The molecule has 0 saturated carbocycles. The average Bonchev–Trinajstić information content (AvgIpc) is 2.48. The molecule has 2 rings (SSSR count). The topological polar surface area (TPSA) is 47.9 Å². The molecule has 0 aliphatic carbocycles. The van der Waals surface area contributed by atoms with Gasteiger partial charge in [0.25, 0.3) is 0 Å². The fraction of sp³-hybridized carbons (Fsp3) is 0.625. The van der Waals surface area contributed by atoms with Crippen molar-refractivity contribution < 1.29 is 19.3 Å². The van der Waals surface area contributed by atoms with Gasteiger partial charge in [-0.1, -0.05) is 44.2 Å². The summed E-state index contributed by atoms with van der Waals surface area (Å²) in [5.74, 6) is 0. The lowest BCUT2D eigenvalue weighted by atomic mass is 9.84. The minimum absolute atomic E-state index is 0.265. The third-order valence-electron chi connectivity index (χ3n) is 3.58. The predicted molar refractivity (Wildman–Crippen MR) is 76.4 cm³/mol. The molecule has 1 aliphatic rings. The van der Waals surface area contributed by atoms with Crippen molar-refractivity contribution in [3.63, 3.8) is 0 Å². The highest BCUT2D eigenvalue weighted by Gasteiger charge is 2.36. The molecule has 2 atom stereocenters. The molecule has 1 heterocycles. The molecule has 1 aliphatic heterocycles. The Bertz CT molecular complexity index is 385. The number of aliphatic hydroxyl groups excluding tert-OH is 1. The zero-order valence-electron chi connectivity index (χ0n) is 12.2. The van der Waals surface area contributed by atoms with Crippen molar-refractivity contribution in [2.45, 2.75) is 32.7 Å². The van der Waals surface area contributed by atoms with Crippen molar-refractivity contribution in [1.29, 1.82) is 0 Å². The molecule has 0 amide bonds. The quantitative estimate of drug-likeness (QED) is 0.866. The molecule has 0 bridgehead atoms. The maximum atomic E-state index is 10.4. The van der Waals surface area contributed by atoms with E-state index in [2.05, 4.69) is 0 Å². The Balaban J connectivity index is 1.80. The van der Waals surface area contributed by atoms with Gasteiger partial charge in [0.2, 0.25) is 0 Å². The van der Waals surface area contributed by atoms with Crippen molar-refractivity contribution >= 4 is 0 Å². The SMILES string of the molecule is CC(C)(COCc1ccccc1)C(O)C1COCCO1. The Hall–Kier alpha value is -0.940. The molecule has 1 fully saturated rings. The van der Waals surface area contributed by atoms with Crippen LogP contribution >= 0.6 is 0 Å². The summed E-state index contributed by atoms with van der Waals surface area (Å²) in [6.45, 7) is 6.60. The van der Waals surface area contributed by atoms with E-state index < -0.39 is 6.10 Å². The zero-order chi connectivity index (χ0) is 14.4. The Labute approximate surface area is 120 Å². The van der Waals surface area contributed by atoms with Crippen molar-refractivity contribution in [3.8, 4) is 0 Å². The summed E-state index contributed by atoms with van der Waals surface area (Å²) in [5, 5.41) is 10.4. The van der Waals surface area contributed by atoms with E-state index in [1.54, 1.807) is 0 Å². The molecule has 4 nitrogen and oxygen atoms in total. The van der Waals surface area contributed by atoms with Crippen molar-refractivity contribution in [2.75, 3.05) is 26.4 Å². The number of aliphatic hydroxyl groups is 1. The van der Waals surface area contributed by atoms with Gasteiger partial charge in [-0.2, -0.15) is 0 Å². The molecule has 112 valence electrons. The maximum Gasteiger partial charge on any atom is 0.107 e. The highest BCUT2D eigenvalue weighted by Crippen LogP contribution is 2.26. The van der Waals surface area contributed by atoms with Crippen LogP contribution in [0.3, 0.4) is 0 Å². The minimum atomic E-state index is -0.599. The van der Waals surface area contributed by atoms with Gasteiger partial charge < -0.3 is 19.3 Å². The van der Waals surface area contributed by atoms with Crippen LogP contribution in [-0.2, 0) is 20.8 Å². The third kappa shape index (κ3) is 4.28. The summed E-state index contributed by atoms with van der Waals surface area (Å²) in [5.41, 5.74) is 0.759. The predicted octanol–water partition coefficient (Wildman–Crippen LogP) is 2.01. The largest absolute Gasteiger partial charge is 0.390 e. The number of hydrogen-bond acceptors (Lipinski definition) is 4. The van der Waals surface area contributed by atoms with Crippen molar-refractivity contribution in [2.24, 2.45) is 5.41 Å². The van der Waals surface area contributed by atoms with E-state index in [1.165, 1.54) is 0 Å². The van der Waals surface area contributed by atoms with E-state index in [0.29, 0.717) is 33.0 Å². The standard InChI is InChI=1S/C16H24O4/c1-16(2,15(17)14-11-18-8-9-20-14)12-19-10-13-6-4-3-5-7-13/h3-7,14-15,17H,8-12H2,1-2H3. The molecule has 0 spiro atoms. The summed E-state index contributed by atoms with van der Waals surface area (Å²) in [7, 11) is 0. The first-order valence-electron chi connectivity index (χ1n) is 7.09. The third-order valence-corrected chi connectivity index (χ3v) is 3.58. The monoisotopic (exact) mass is 280 g/mol. The minimum Gasteiger partial charge on any atom is -0.390 e. The first-order chi connectivity index (χ1) is 9.59. The van der Waals surface area contributed by atoms with Crippen LogP contribution in [0.1, 0.15) is 19.4 Å². The highest BCUT2D eigenvalue weighted by molar-refractivity contribution is 5.13. The Morgan fingerprint density at radius 1 is 1.30 bits per heavy atom. The van der Waals surface area contributed by atoms with E-state index in [4.69, 9.17) is 14.2 Å². The molecule has 0 radical (unpaired) electrons. The van der Waals surface area contributed by atoms with Gasteiger partial charge in [0.05, 0.1) is 39.1 Å². The highest BCUT2D eigenvalue weighted by atomic mass is 16.6. The zero-order valence-corrected chi connectivity index (χ0v) is 12.2. The molecular formula is C16H24O4. The van der Waals surface area contributed by atoms with Gasteiger partial charge in [-0.05, 0) is 5.56 Å². The molecule has 1 aromatic carbocycles. The molecule has 0 aromatic heterocycles. The molecule has 4 heteroatoms. The van der Waals surface area contributed by atoms with E-state index >= 15 is 0 Å². The van der Waals surface area contributed by atoms with Crippen LogP contribution in [0.25, 0.3) is 0 Å². The van der Waals surface area contributed by atoms with Crippen molar-refractivity contribution in [1.82, 2.24) is 0 Å². The summed E-state index contributed by atoms with van der Waals surface area (Å²) >= 11 is 0. The normalized spacial score (nSPS) is 21.6. The van der Waals surface area contributed by atoms with E-state index in [9.17, 15) is 5.11 Å². The van der Waals surface area contributed by atoms with E-state index in [1.807, 2.05) is 44.2 Å². The summed E-state index contributed by atoms with van der Waals surface area (Å²) < 4.78 is 16.6. The number of rotatable bonds is 6. The van der Waals surface area contributed by atoms with Gasteiger partial charge >= 0.3 is 0 Å². The van der Waals surface area contributed by atoms with Crippen LogP contribution in [-0.4, -0.2) is 43.7 Å². The fourth-order valence-corrected chi connectivity index (χ4v) is 2.28. The molecular weight excluding hydrogens is 256 g/mol. The van der Waals surface area contributed by atoms with Crippen LogP contribution in [0.4, 0.5) is 0 Å². The summed E-state index contributed by atoms with van der Waals surface area (Å²) in [4.78, 5) is 0. The van der Waals surface area contributed by atoms with Crippen LogP contribution in [0.2, 0.25) is 0 Å². The Kier molecular flexibility index (Phi) is 5.54. The molecule has 20 heavy (non-hydrogen) atoms. The molecule has 1 saturated heterocycles. The second-order valence-corrected chi connectivity index (χ2v) is 5.90. The van der Waals surface area contributed by atoms with Crippen LogP contribution in [0.5, 0.6) is 0 Å². The van der Waals surface area contributed by atoms with Crippen LogP contribution in [0, 0.1) is 5.41 Å². The second-order valence-electron chi connectivity index (χ2n) is 5.90. The number of benzene rings is 1. The van der Waals surface area contributed by atoms with E-state index in [0.717, 1.165) is 5.56 Å². The summed E-state index contributed by atoms with van der Waals surface area (Å²) in [6, 6.07) is 10.0. The van der Waals surface area contributed by atoms with Crippen LogP contribution < -0.4 is 0 Å². The molecule has 1 N–H and O–H groups in total. The smallest absolute Gasteiger partial charge is 0.107 e. The van der Waals surface area contributed by atoms with Gasteiger partial charge in [-0.3, -0.25) is 0 Å².